The number of ether oxygens (including phenoxy) is 5. The summed E-state index contributed by atoms with van der Waals surface area (Å²) in [7, 11) is -1.72. The Morgan fingerprint density at radius 3 is 2.03 bits per heavy atom. The number of hydrogen-bond donors (Lipinski definition) is 1. The van der Waals surface area contributed by atoms with Gasteiger partial charge in [0.1, 0.15) is 0 Å². The molecule has 0 amide bonds. The molecule has 1 heterocycles. The van der Waals surface area contributed by atoms with Crippen molar-refractivity contribution in [1.82, 2.24) is 0 Å². The summed E-state index contributed by atoms with van der Waals surface area (Å²) in [5.74, 6) is 0.672. The maximum atomic E-state index is 6.49. The third kappa shape index (κ3) is 9.19. The first-order valence-electron chi connectivity index (χ1n) is 11.6. The van der Waals surface area contributed by atoms with Crippen LogP contribution in [0.1, 0.15) is 60.3 Å². The molecule has 0 aromatic rings. The molecule has 1 aliphatic rings. The van der Waals surface area contributed by atoms with E-state index in [0.717, 1.165) is 19.3 Å². The van der Waals surface area contributed by atoms with Crippen molar-refractivity contribution >= 4 is 21.4 Å². The van der Waals surface area contributed by atoms with Crippen LogP contribution < -0.4 is 0 Å². The Hall–Kier alpha value is 0.247. The van der Waals surface area contributed by atoms with E-state index in [0.29, 0.717) is 57.9 Å². The van der Waals surface area contributed by atoms with E-state index in [4.69, 9.17) is 37.0 Å². The fraction of sp³-hybridized carbons (Fsp3) is 1.00. The normalized spacial score (nSPS) is 19.1. The lowest BCUT2D eigenvalue weighted by Gasteiger charge is -2.43. The van der Waals surface area contributed by atoms with Gasteiger partial charge in [-0.15, -0.1) is 0 Å². The van der Waals surface area contributed by atoms with Gasteiger partial charge in [-0.3, -0.25) is 4.43 Å². The van der Waals surface area contributed by atoms with E-state index in [2.05, 4.69) is 26.5 Å². The zero-order valence-corrected chi connectivity index (χ0v) is 22.2. The van der Waals surface area contributed by atoms with Crippen LogP contribution in [0.25, 0.3) is 0 Å². The minimum absolute atomic E-state index is 0.0598. The molecule has 0 radical (unpaired) electrons. The number of rotatable bonds is 20. The van der Waals surface area contributed by atoms with Gasteiger partial charge in [-0.1, -0.05) is 20.3 Å². The molecule has 0 bridgehead atoms. The predicted octanol–water partition coefficient (Wildman–Crippen LogP) is 4.22. The third-order valence-corrected chi connectivity index (χ3v) is 8.26. The van der Waals surface area contributed by atoms with E-state index in [-0.39, 0.29) is 5.41 Å². The van der Waals surface area contributed by atoms with Crippen molar-refractivity contribution < 1.29 is 37.0 Å². The second kappa shape index (κ2) is 15.2. The van der Waals surface area contributed by atoms with Crippen molar-refractivity contribution in [2.45, 2.75) is 78.8 Å². The quantitative estimate of drug-likeness (QED) is 0.156. The molecule has 0 saturated carbocycles. The van der Waals surface area contributed by atoms with Crippen molar-refractivity contribution in [3.63, 3.8) is 0 Å². The van der Waals surface area contributed by atoms with Gasteiger partial charge in [-0.2, -0.15) is 12.6 Å². The molecule has 1 saturated heterocycles. The van der Waals surface area contributed by atoms with Crippen LogP contribution in [0.2, 0.25) is 6.04 Å². The Morgan fingerprint density at radius 1 is 1.03 bits per heavy atom. The molecule has 31 heavy (non-hydrogen) atoms. The van der Waals surface area contributed by atoms with Crippen LogP contribution in [0.4, 0.5) is 0 Å². The second-order valence-electron chi connectivity index (χ2n) is 7.61. The summed E-state index contributed by atoms with van der Waals surface area (Å²) < 4.78 is 47.8. The van der Waals surface area contributed by atoms with Gasteiger partial charge in [0.2, 0.25) is 0 Å². The summed E-state index contributed by atoms with van der Waals surface area (Å²) in [5.41, 5.74) is 0.0598. The minimum Gasteiger partial charge on any atom is -0.380 e. The fourth-order valence-corrected chi connectivity index (χ4v) is 6.08. The lowest BCUT2D eigenvalue weighted by Crippen LogP contribution is -2.58. The van der Waals surface area contributed by atoms with Gasteiger partial charge in [-0.25, -0.2) is 0 Å². The zero-order chi connectivity index (χ0) is 23.2. The average molecular weight is 485 g/mol. The molecule has 10 heteroatoms. The molecule has 0 aliphatic carbocycles. The van der Waals surface area contributed by atoms with Gasteiger partial charge in [-0.05, 0) is 45.8 Å². The van der Waals surface area contributed by atoms with Gasteiger partial charge in [0.05, 0.1) is 39.6 Å². The molecule has 0 aromatic heterocycles. The maximum Gasteiger partial charge on any atom is 0.508 e. The smallest absolute Gasteiger partial charge is 0.380 e. The Balaban J connectivity index is 3.07. The molecule has 186 valence electrons. The highest BCUT2D eigenvalue weighted by molar-refractivity contribution is 7.80. The predicted molar refractivity (Wildman–Crippen MR) is 124 cm³/mol. The Bertz CT molecular complexity index is 446. The molecule has 2 unspecified atom stereocenters. The molecule has 0 spiro atoms. The van der Waals surface area contributed by atoms with Gasteiger partial charge < -0.3 is 32.5 Å². The lowest BCUT2D eigenvalue weighted by atomic mass is 9.84. The topological polar surface area (TPSA) is 73.8 Å². The molecule has 8 nitrogen and oxygen atoms in total. The second-order valence-corrected chi connectivity index (χ2v) is 10.8. The van der Waals surface area contributed by atoms with Crippen molar-refractivity contribution in [3.8, 4) is 0 Å². The van der Waals surface area contributed by atoms with E-state index in [1.54, 1.807) is 7.11 Å². The SMILES string of the molecule is CCCC(OCC1(CC)COC1)O[Si](CCCS)(OC)OC(OCC)(OCC)OCC. The van der Waals surface area contributed by atoms with Crippen LogP contribution >= 0.6 is 12.6 Å². The summed E-state index contributed by atoms with van der Waals surface area (Å²) in [6.45, 7) is 12.9. The Labute approximate surface area is 195 Å². The standard InChI is InChI=1S/C21H44O8SSi/c1-7-13-19(24-18-20(8-2)16-23-17-20)28-31(22-6,15-12-14-30)29-21(25-9-3,26-10-4)27-11-5/h19,30H,7-18H2,1-6H3. The van der Waals surface area contributed by atoms with Gasteiger partial charge in [0, 0.05) is 18.6 Å². The van der Waals surface area contributed by atoms with E-state index < -0.39 is 21.3 Å². The third-order valence-electron chi connectivity index (χ3n) is 5.17. The number of thiol groups is 1. The molecule has 1 fully saturated rings. The largest absolute Gasteiger partial charge is 0.508 e. The van der Waals surface area contributed by atoms with Crippen LogP contribution in [-0.2, 0) is 37.0 Å². The molecule has 1 aliphatic heterocycles. The van der Waals surface area contributed by atoms with Crippen molar-refractivity contribution in [2.24, 2.45) is 5.41 Å². The monoisotopic (exact) mass is 484 g/mol. The fourth-order valence-electron chi connectivity index (χ4n) is 3.22. The van der Waals surface area contributed by atoms with Gasteiger partial charge in [0.15, 0.2) is 6.29 Å². The van der Waals surface area contributed by atoms with Crippen LogP contribution in [-0.4, -0.2) is 73.8 Å². The first-order valence-corrected chi connectivity index (χ1v) is 14.1. The first-order chi connectivity index (χ1) is 14.9. The summed E-state index contributed by atoms with van der Waals surface area (Å²) in [4.78, 5) is 0. The first kappa shape index (κ1) is 29.3. The molecular weight excluding hydrogens is 440 g/mol. The molecule has 2 atom stereocenters. The van der Waals surface area contributed by atoms with Crippen LogP contribution in [0.3, 0.4) is 0 Å². The summed E-state index contributed by atoms with van der Waals surface area (Å²) in [6, 6.07) is 0.535. The molecule has 1 rings (SSSR count). The minimum atomic E-state index is -3.32. The Kier molecular flexibility index (Phi) is 14.4. The van der Waals surface area contributed by atoms with Crippen molar-refractivity contribution in [2.75, 3.05) is 52.5 Å². The van der Waals surface area contributed by atoms with Gasteiger partial charge in [0.25, 0.3) is 0 Å². The van der Waals surface area contributed by atoms with Crippen molar-refractivity contribution in [1.29, 1.82) is 0 Å². The molecule has 0 aromatic carbocycles. The molecular formula is C21H44O8SSi. The van der Waals surface area contributed by atoms with Crippen molar-refractivity contribution in [3.05, 3.63) is 0 Å². The average Bonchev–Trinajstić information content (AvgIpc) is 2.72. The highest BCUT2D eigenvalue weighted by atomic mass is 32.1. The van der Waals surface area contributed by atoms with E-state index in [9.17, 15) is 0 Å². The highest BCUT2D eigenvalue weighted by Gasteiger charge is 2.52. The Morgan fingerprint density at radius 2 is 1.65 bits per heavy atom. The van der Waals surface area contributed by atoms with E-state index in [1.807, 2.05) is 20.8 Å². The summed E-state index contributed by atoms with van der Waals surface area (Å²) in [5, 5.41) is 0. The molecule has 0 N–H and O–H groups in total. The number of hydrogen-bond acceptors (Lipinski definition) is 9. The van der Waals surface area contributed by atoms with Gasteiger partial charge >= 0.3 is 15.0 Å². The van der Waals surface area contributed by atoms with E-state index in [1.165, 1.54) is 0 Å². The van der Waals surface area contributed by atoms with Crippen LogP contribution in [0, 0.1) is 5.41 Å². The zero-order valence-electron chi connectivity index (χ0n) is 20.3. The van der Waals surface area contributed by atoms with Crippen LogP contribution in [0.15, 0.2) is 0 Å². The van der Waals surface area contributed by atoms with Crippen LogP contribution in [0.5, 0.6) is 0 Å². The lowest BCUT2D eigenvalue weighted by molar-refractivity contribution is -0.479. The summed E-state index contributed by atoms with van der Waals surface area (Å²) in [6.07, 6.45) is 1.21. The summed E-state index contributed by atoms with van der Waals surface area (Å²) >= 11 is 4.37. The maximum absolute atomic E-state index is 6.49. The highest BCUT2D eigenvalue weighted by Crippen LogP contribution is 2.34. The van der Waals surface area contributed by atoms with E-state index >= 15 is 0 Å².